The second-order valence-electron chi connectivity index (χ2n) is 4.83. The Balaban J connectivity index is 1.65. The van der Waals surface area contributed by atoms with Crippen molar-refractivity contribution in [3.63, 3.8) is 0 Å². The molecule has 1 aromatic heterocycles. The molecule has 0 spiro atoms. The number of carbonyl (C=O) groups is 1. The van der Waals surface area contributed by atoms with Crippen LogP contribution in [0.25, 0.3) is 0 Å². The number of carbonyl (C=O) groups excluding carboxylic acids is 1. The fraction of sp³-hybridized carbons (Fsp3) is 0.667. The summed E-state index contributed by atoms with van der Waals surface area (Å²) in [6.45, 7) is 2.39. The third-order valence-electron chi connectivity index (χ3n) is 3.86. The fourth-order valence-electron chi connectivity index (χ4n) is 2.96. The number of rotatable bonds is 3. The van der Waals surface area contributed by atoms with Crippen molar-refractivity contribution < 1.29 is 4.79 Å². The van der Waals surface area contributed by atoms with E-state index >= 15 is 0 Å². The Kier molecular flexibility index (Phi) is 2.77. The Hall–Kier alpha value is -0.740. The van der Waals surface area contributed by atoms with Gasteiger partial charge in [-0.25, -0.2) is 4.98 Å². The van der Waals surface area contributed by atoms with Gasteiger partial charge in [0, 0.05) is 24.0 Å². The first-order valence-corrected chi connectivity index (χ1v) is 6.87. The van der Waals surface area contributed by atoms with Crippen LogP contribution in [-0.4, -0.2) is 34.8 Å². The monoisotopic (exact) mass is 236 g/mol. The van der Waals surface area contributed by atoms with E-state index in [4.69, 9.17) is 0 Å². The molecule has 3 aliphatic rings. The minimum absolute atomic E-state index is 0.229. The maximum absolute atomic E-state index is 12.0. The van der Waals surface area contributed by atoms with Crippen LogP contribution in [0.15, 0.2) is 11.6 Å². The number of fused-ring (bicyclic) bond motifs is 3. The highest BCUT2D eigenvalue weighted by molar-refractivity contribution is 7.11. The summed E-state index contributed by atoms with van der Waals surface area (Å²) in [7, 11) is 0. The van der Waals surface area contributed by atoms with Crippen LogP contribution in [0.5, 0.6) is 0 Å². The Bertz CT molecular complexity index is 368. The van der Waals surface area contributed by atoms with Crippen LogP contribution in [-0.2, 0) is 0 Å². The zero-order valence-corrected chi connectivity index (χ0v) is 10.1. The number of hydrogen-bond donors (Lipinski definition) is 0. The number of nitrogens with zero attached hydrogens (tertiary/aromatic N) is 2. The smallest absolute Gasteiger partial charge is 0.192 e. The summed E-state index contributed by atoms with van der Waals surface area (Å²) in [6.07, 6.45) is 6.27. The van der Waals surface area contributed by atoms with Crippen molar-refractivity contribution in [2.75, 3.05) is 13.1 Å². The van der Waals surface area contributed by atoms with Crippen molar-refractivity contribution in [3.8, 4) is 0 Å². The Morgan fingerprint density at radius 2 is 2.31 bits per heavy atom. The standard InChI is InChI=1S/C12H16N2OS/c15-11(12-13-3-6-16-12)8-10-7-9-1-4-14(10)5-2-9/h3,6,9-10H,1-2,4-5,7-8H2. The lowest BCUT2D eigenvalue weighted by Gasteiger charge is -2.45. The van der Waals surface area contributed by atoms with E-state index in [2.05, 4.69) is 9.88 Å². The van der Waals surface area contributed by atoms with E-state index in [-0.39, 0.29) is 5.78 Å². The summed E-state index contributed by atoms with van der Waals surface area (Å²) in [6, 6.07) is 0.490. The van der Waals surface area contributed by atoms with Gasteiger partial charge in [0.15, 0.2) is 10.8 Å². The maximum atomic E-state index is 12.0. The second kappa shape index (κ2) is 4.26. The first-order chi connectivity index (χ1) is 7.83. The number of thiazole rings is 1. The molecule has 3 nitrogen and oxygen atoms in total. The van der Waals surface area contributed by atoms with Gasteiger partial charge in [0.1, 0.15) is 0 Å². The van der Waals surface area contributed by atoms with Crippen LogP contribution in [0, 0.1) is 5.92 Å². The molecule has 3 saturated heterocycles. The highest BCUT2D eigenvalue weighted by Crippen LogP contribution is 2.33. The lowest BCUT2D eigenvalue weighted by Crippen LogP contribution is -2.49. The van der Waals surface area contributed by atoms with Crippen LogP contribution in [0.2, 0.25) is 0 Å². The molecule has 16 heavy (non-hydrogen) atoms. The summed E-state index contributed by atoms with van der Waals surface area (Å²) < 4.78 is 0. The molecular weight excluding hydrogens is 220 g/mol. The molecule has 3 aliphatic heterocycles. The molecule has 1 unspecified atom stereocenters. The predicted molar refractivity (Wildman–Crippen MR) is 63.8 cm³/mol. The summed E-state index contributed by atoms with van der Waals surface area (Å²) in [5, 5.41) is 2.56. The zero-order valence-electron chi connectivity index (χ0n) is 9.26. The van der Waals surface area contributed by atoms with Gasteiger partial charge in [0.2, 0.25) is 0 Å². The molecule has 86 valence electrons. The quantitative estimate of drug-likeness (QED) is 0.754. The fourth-order valence-corrected chi connectivity index (χ4v) is 3.55. The first-order valence-electron chi connectivity index (χ1n) is 5.99. The van der Waals surface area contributed by atoms with Gasteiger partial charge in [0.25, 0.3) is 0 Å². The molecule has 3 fully saturated rings. The number of piperidine rings is 3. The van der Waals surface area contributed by atoms with Gasteiger partial charge in [-0.05, 0) is 38.3 Å². The van der Waals surface area contributed by atoms with E-state index in [9.17, 15) is 4.79 Å². The van der Waals surface area contributed by atoms with Gasteiger partial charge in [-0.15, -0.1) is 11.3 Å². The highest BCUT2D eigenvalue weighted by Gasteiger charge is 2.34. The number of hydrogen-bond acceptors (Lipinski definition) is 4. The first kappa shape index (κ1) is 10.4. The summed E-state index contributed by atoms with van der Waals surface area (Å²) >= 11 is 1.46. The van der Waals surface area contributed by atoms with Gasteiger partial charge in [-0.1, -0.05) is 0 Å². The van der Waals surface area contributed by atoms with Crippen molar-refractivity contribution in [1.82, 2.24) is 9.88 Å². The Labute approximate surface area is 99.5 Å². The molecule has 0 N–H and O–H groups in total. The maximum Gasteiger partial charge on any atom is 0.192 e. The topological polar surface area (TPSA) is 33.2 Å². The van der Waals surface area contributed by atoms with Crippen LogP contribution < -0.4 is 0 Å². The molecule has 2 bridgehead atoms. The molecule has 1 aromatic rings. The molecule has 4 heterocycles. The summed E-state index contributed by atoms with van der Waals surface area (Å²) in [4.78, 5) is 18.6. The van der Waals surface area contributed by atoms with E-state index in [1.807, 2.05) is 5.38 Å². The van der Waals surface area contributed by atoms with Crippen molar-refractivity contribution in [3.05, 3.63) is 16.6 Å². The molecule has 4 rings (SSSR count). The molecule has 4 heteroatoms. The van der Waals surface area contributed by atoms with E-state index in [1.165, 1.54) is 43.7 Å². The molecule has 1 atom stereocenters. The average molecular weight is 236 g/mol. The molecule has 0 aromatic carbocycles. The van der Waals surface area contributed by atoms with Gasteiger partial charge in [-0.3, -0.25) is 9.69 Å². The number of aromatic nitrogens is 1. The lowest BCUT2D eigenvalue weighted by atomic mass is 9.82. The molecule has 0 saturated carbocycles. The normalized spacial score (nSPS) is 32.9. The summed E-state index contributed by atoms with van der Waals surface area (Å²) in [5.41, 5.74) is 0. The van der Waals surface area contributed by atoms with E-state index in [0.717, 1.165) is 5.92 Å². The highest BCUT2D eigenvalue weighted by atomic mass is 32.1. The van der Waals surface area contributed by atoms with Gasteiger partial charge in [0.05, 0.1) is 0 Å². The lowest BCUT2D eigenvalue weighted by molar-refractivity contribution is 0.0428. The third kappa shape index (κ3) is 1.92. The van der Waals surface area contributed by atoms with E-state index < -0.39 is 0 Å². The average Bonchev–Trinajstić information content (AvgIpc) is 2.84. The molecular formula is C12H16N2OS. The SMILES string of the molecule is O=C(CC1CC2CCN1CC2)c1nccs1. The van der Waals surface area contributed by atoms with E-state index in [1.54, 1.807) is 6.20 Å². The minimum Gasteiger partial charge on any atom is -0.300 e. The van der Waals surface area contributed by atoms with Crippen LogP contribution >= 0.6 is 11.3 Å². The van der Waals surface area contributed by atoms with E-state index in [0.29, 0.717) is 17.5 Å². The molecule has 0 aliphatic carbocycles. The van der Waals surface area contributed by atoms with Crippen molar-refractivity contribution in [2.24, 2.45) is 5.92 Å². The zero-order chi connectivity index (χ0) is 11.0. The second-order valence-corrected chi connectivity index (χ2v) is 5.73. The van der Waals surface area contributed by atoms with Crippen molar-refractivity contribution in [2.45, 2.75) is 31.7 Å². The number of Topliss-reactive ketones (excluding diaryl/α,β-unsaturated/α-hetero) is 1. The predicted octanol–water partition coefficient (Wildman–Crippen LogP) is 2.20. The third-order valence-corrected chi connectivity index (χ3v) is 4.68. The van der Waals surface area contributed by atoms with Gasteiger partial charge in [-0.2, -0.15) is 0 Å². The molecule has 0 radical (unpaired) electrons. The summed E-state index contributed by atoms with van der Waals surface area (Å²) in [5.74, 6) is 1.10. The van der Waals surface area contributed by atoms with Crippen LogP contribution in [0.3, 0.4) is 0 Å². The number of ketones is 1. The van der Waals surface area contributed by atoms with Gasteiger partial charge >= 0.3 is 0 Å². The molecule has 0 amide bonds. The van der Waals surface area contributed by atoms with Crippen LogP contribution in [0.1, 0.15) is 35.5 Å². The van der Waals surface area contributed by atoms with Crippen LogP contribution in [0.4, 0.5) is 0 Å². The minimum atomic E-state index is 0.229. The largest absolute Gasteiger partial charge is 0.300 e. The van der Waals surface area contributed by atoms with Crippen molar-refractivity contribution in [1.29, 1.82) is 0 Å². The van der Waals surface area contributed by atoms with Gasteiger partial charge < -0.3 is 0 Å². The van der Waals surface area contributed by atoms with Crippen molar-refractivity contribution >= 4 is 17.1 Å². The Morgan fingerprint density at radius 1 is 1.50 bits per heavy atom. The Morgan fingerprint density at radius 3 is 2.88 bits per heavy atom.